The minimum Gasteiger partial charge on any atom is -0.485 e. The number of ether oxygens (including phenoxy) is 2. The molecule has 0 bridgehead atoms. The monoisotopic (exact) mass is 410 g/mol. The van der Waals surface area contributed by atoms with E-state index in [-0.39, 0.29) is 18.4 Å². The van der Waals surface area contributed by atoms with Crippen molar-refractivity contribution >= 4 is 11.8 Å². The Morgan fingerprint density at radius 3 is 2.53 bits per heavy atom. The molecule has 2 aromatic carbocycles. The summed E-state index contributed by atoms with van der Waals surface area (Å²) in [6, 6.07) is 15.4. The van der Waals surface area contributed by atoms with Crippen LogP contribution in [0.4, 0.5) is 0 Å². The Balaban J connectivity index is 1.21. The normalized spacial score (nSPS) is 18.7. The third-order valence-electron chi connectivity index (χ3n) is 5.71. The van der Waals surface area contributed by atoms with E-state index in [1.165, 1.54) is 10.5 Å². The number of piperazine rings is 1. The number of carbonyl (C=O) groups excluding carboxylic acids is 2. The first-order valence-electron chi connectivity index (χ1n) is 10.4. The summed E-state index contributed by atoms with van der Waals surface area (Å²) in [5.74, 6) is 1.27. The molecule has 2 aliphatic rings. The molecule has 0 unspecified atom stereocenters. The van der Waals surface area contributed by atoms with Crippen molar-refractivity contribution in [3.63, 3.8) is 0 Å². The van der Waals surface area contributed by atoms with Gasteiger partial charge in [0.15, 0.2) is 18.0 Å². The van der Waals surface area contributed by atoms with Crippen LogP contribution in [-0.4, -0.2) is 62.1 Å². The number of nitrogens with zero attached hydrogens (tertiary/aromatic N) is 1. The van der Waals surface area contributed by atoms with E-state index in [2.05, 4.69) is 5.32 Å². The number of rotatable bonds is 5. The van der Waals surface area contributed by atoms with E-state index in [1.54, 1.807) is 0 Å². The van der Waals surface area contributed by atoms with Crippen molar-refractivity contribution in [2.24, 2.45) is 0 Å². The summed E-state index contributed by atoms with van der Waals surface area (Å²) in [7, 11) is 0. The maximum Gasteiger partial charge on any atom is 0.275 e. The molecule has 2 amide bonds. The number of fused-ring (bicyclic) bond motifs is 1. The Kier molecular flexibility index (Phi) is 6.18. The number of hydrogen-bond acceptors (Lipinski definition) is 4. The van der Waals surface area contributed by atoms with Crippen LogP contribution in [-0.2, 0) is 16.1 Å². The van der Waals surface area contributed by atoms with E-state index >= 15 is 0 Å². The lowest BCUT2D eigenvalue weighted by molar-refractivity contribution is -0.896. The lowest BCUT2D eigenvalue weighted by Crippen LogP contribution is -3.15. The van der Waals surface area contributed by atoms with Gasteiger partial charge in [0.25, 0.3) is 11.8 Å². The second-order valence-corrected chi connectivity index (χ2v) is 7.82. The average Bonchev–Trinajstić information content (AvgIpc) is 2.78. The van der Waals surface area contributed by atoms with Crippen molar-refractivity contribution in [2.75, 3.05) is 39.3 Å². The van der Waals surface area contributed by atoms with Crippen molar-refractivity contribution in [3.05, 3.63) is 59.7 Å². The minimum absolute atomic E-state index is 0.0358. The fourth-order valence-corrected chi connectivity index (χ4v) is 3.86. The Bertz CT molecular complexity index is 909. The molecular formula is C23H28N3O4+. The van der Waals surface area contributed by atoms with Crippen LogP contribution < -0.4 is 19.7 Å². The molecule has 30 heavy (non-hydrogen) atoms. The van der Waals surface area contributed by atoms with Crippen LogP contribution in [0.3, 0.4) is 0 Å². The molecule has 0 radical (unpaired) electrons. The molecule has 4 rings (SSSR count). The molecule has 0 aliphatic carbocycles. The Morgan fingerprint density at radius 2 is 1.77 bits per heavy atom. The molecule has 7 heteroatoms. The topological polar surface area (TPSA) is 72.3 Å². The SMILES string of the molecule is Cc1ccccc1CNC(=O)C[NH+]1CCN(C(=O)[C@@H]2COc3ccccc3O2)CC1. The number of quaternary nitrogens is 1. The van der Waals surface area contributed by atoms with Gasteiger partial charge in [0, 0.05) is 6.54 Å². The van der Waals surface area contributed by atoms with Crippen LogP contribution in [0.5, 0.6) is 11.5 Å². The summed E-state index contributed by atoms with van der Waals surface area (Å²) in [4.78, 5) is 28.1. The highest BCUT2D eigenvalue weighted by Gasteiger charge is 2.34. The zero-order valence-corrected chi connectivity index (χ0v) is 17.2. The van der Waals surface area contributed by atoms with Crippen LogP contribution in [0.1, 0.15) is 11.1 Å². The molecule has 2 aliphatic heterocycles. The van der Waals surface area contributed by atoms with Gasteiger partial charge in [-0.2, -0.15) is 0 Å². The molecule has 0 aromatic heterocycles. The van der Waals surface area contributed by atoms with Gasteiger partial charge >= 0.3 is 0 Å². The predicted octanol–water partition coefficient (Wildman–Crippen LogP) is 0.178. The van der Waals surface area contributed by atoms with Gasteiger partial charge in [0.2, 0.25) is 6.10 Å². The molecule has 2 aromatic rings. The number of aryl methyl sites for hydroxylation is 1. The summed E-state index contributed by atoms with van der Waals surface area (Å²) in [6.07, 6.45) is -0.612. The van der Waals surface area contributed by atoms with E-state index in [0.717, 1.165) is 18.7 Å². The second kappa shape index (κ2) is 9.17. The molecular weight excluding hydrogens is 382 g/mol. The zero-order valence-electron chi connectivity index (χ0n) is 17.2. The molecule has 1 saturated heterocycles. The second-order valence-electron chi connectivity index (χ2n) is 7.82. The molecule has 7 nitrogen and oxygen atoms in total. The van der Waals surface area contributed by atoms with Crippen molar-refractivity contribution in [2.45, 2.75) is 19.6 Å². The molecule has 1 fully saturated rings. The van der Waals surface area contributed by atoms with Gasteiger partial charge in [-0.05, 0) is 30.2 Å². The van der Waals surface area contributed by atoms with Crippen LogP contribution in [0.25, 0.3) is 0 Å². The predicted molar refractivity (Wildman–Crippen MR) is 112 cm³/mol. The minimum atomic E-state index is -0.612. The fraction of sp³-hybridized carbons (Fsp3) is 0.391. The fourth-order valence-electron chi connectivity index (χ4n) is 3.86. The summed E-state index contributed by atoms with van der Waals surface area (Å²) >= 11 is 0. The summed E-state index contributed by atoms with van der Waals surface area (Å²) < 4.78 is 11.5. The van der Waals surface area contributed by atoms with Gasteiger partial charge in [-0.3, -0.25) is 9.59 Å². The first-order valence-corrected chi connectivity index (χ1v) is 10.4. The van der Waals surface area contributed by atoms with E-state index < -0.39 is 6.10 Å². The number of hydrogen-bond donors (Lipinski definition) is 2. The zero-order chi connectivity index (χ0) is 20.9. The maximum absolute atomic E-state index is 12.8. The third-order valence-corrected chi connectivity index (χ3v) is 5.71. The average molecular weight is 410 g/mol. The third kappa shape index (κ3) is 4.74. The molecule has 2 heterocycles. The largest absolute Gasteiger partial charge is 0.485 e. The van der Waals surface area contributed by atoms with Gasteiger partial charge in [0.05, 0.1) is 26.2 Å². The summed E-state index contributed by atoms with van der Waals surface area (Å²) in [5.41, 5.74) is 2.31. The number of para-hydroxylation sites is 2. The van der Waals surface area contributed by atoms with E-state index in [1.807, 2.05) is 60.4 Å². The van der Waals surface area contributed by atoms with Gasteiger partial charge in [-0.15, -0.1) is 0 Å². The van der Waals surface area contributed by atoms with Gasteiger partial charge in [-0.1, -0.05) is 36.4 Å². The van der Waals surface area contributed by atoms with E-state index in [9.17, 15) is 9.59 Å². The summed E-state index contributed by atoms with van der Waals surface area (Å²) in [6.45, 7) is 5.95. The van der Waals surface area contributed by atoms with Gasteiger partial charge in [-0.25, -0.2) is 0 Å². The van der Waals surface area contributed by atoms with E-state index in [4.69, 9.17) is 9.47 Å². The highest BCUT2D eigenvalue weighted by molar-refractivity contribution is 5.82. The molecule has 0 spiro atoms. The van der Waals surface area contributed by atoms with Crippen LogP contribution in [0.2, 0.25) is 0 Å². The first-order chi connectivity index (χ1) is 14.6. The first kappa shape index (κ1) is 20.2. The molecule has 0 saturated carbocycles. The molecule has 2 N–H and O–H groups in total. The Hall–Kier alpha value is -3.06. The molecule has 1 atom stereocenters. The van der Waals surface area contributed by atoms with Crippen molar-refractivity contribution in [1.29, 1.82) is 0 Å². The quantitative estimate of drug-likeness (QED) is 0.738. The van der Waals surface area contributed by atoms with Crippen LogP contribution >= 0.6 is 0 Å². The molecule has 158 valence electrons. The number of amides is 2. The van der Waals surface area contributed by atoms with Crippen molar-refractivity contribution in [1.82, 2.24) is 10.2 Å². The highest BCUT2D eigenvalue weighted by atomic mass is 16.6. The van der Waals surface area contributed by atoms with Gasteiger partial charge in [0.1, 0.15) is 6.61 Å². The van der Waals surface area contributed by atoms with Gasteiger partial charge < -0.3 is 24.6 Å². The van der Waals surface area contributed by atoms with E-state index in [0.29, 0.717) is 37.7 Å². The van der Waals surface area contributed by atoms with Crippen LogP contribution in [0.15, 0.2) is 48.5 Å². The lowest BCUT2D eigenvalue weighted by Gasteiger charge is -2.35. The smallest absolute Gasteiger partial charge is 0.275 e. The standard InChI is InChI=1S/C23H27N3O4/c1-17-6-2-3-7-18(17)14-24-22(27)15-25-10-12-26(13-11-25)23(28)21-16-29-19-8-4-5-9-20(19)30-21/h2-9,21H,10-16H2,1H3,(H,24,27)/p+1/t21-/m0/s1. The summed E-state index contributed by atoms with van der Waals surface area (Å²) in [5, 5.41) is 3.01. The maximum atomic E-state index is 12.8. The number of benzene rings is 2. The highest BCUT2D eigenvalue weighted by Crippen LogP contribution is 2.31. The van der Waals surface area contributed by atoms with Crippen molar-refractivity contribution in [3.8, 4) is 11.5 Å². The Morgan fingerprint density at radius 1 is 1.07 bits per heavy atom. The van der Waals surface area contributed by atoms with Crippen molar-refractivity contribution < 1.29 is 24.0 Å². The number of nitrogens with one attached hydrogen (secondary N) is 2. The number of carbonyl (C=O) groups is 2. The lowest BCUT2D eigenvalue weighted by atomic mass is 10.1. The van der Waals surface area contributed by atoms with Crippen LogP contribution in [0, 0.1) is 6.92 Å². The Labute approximate surface area is 176 Å².